The summed E-state index contributed by atoms with van der Waals surface area (Å²) in [6.45, 7) is 3.66. The highest BCUT2D eigenvalue weighted by Crippen LogP contribution is 2.36. The molecule has 19 heavy (non-hydrogen) atoms. The monoisotopic (exact) mass is 278 g/mol. The number of halogens is 2. The van der Waals surface area contributed by atoms with Crippen LogP contribution in [0.1, 0.15) is 11.1 Å². The van der Waals surface area contributed by atoms with Crippen LogP contribution in [0.3, 0.4) is 0 Å². The molecule has 0 bridgehead atoms. The van der Waals surface area contributed by atoms with Crippen molar-refractivity contribution in [2.45, 2.75) is 13.8 Å². The second kappa shape index (κ2) is 5.10. The lowest BCUT2D eigenvalue weighted by Gasteiger charge is -2.23. The summed E-state index contributed by atoms with van der Waals surface area (Å²) in [6, 6.07) is 8.96. The van der Waals surface area contributed by atoms with E-state index in [1.165, 1.54) is 0 Å². The van der Waals surface area contributed by atoms with Crippen LogP contribution in [0, 0.1) is 19.7 Å². The lowest BCUT2D eigenvalue weighted by atomic mass is 10.1. The van der Waals surface area contributed by atoms with Crippen LogP contribution in [-0.4, -0.2) is 7.05 Å². The van der Waals surface area contributed by atoms with E-state index in [0.717, 1.165) is 5.56 Å². The fraction of sp³-hybridized carbons (Fsp3) is 0.200. The molecule has 0 aliphatic rings. The Morgan fingerprint density at radius 3 is 2.53 bits per heavy atom. The van der Waals surface area contributed by atoms with Crippen molar-refractivity contribution in [3.8, 4) is 0 Å². The molecule has 0 unspecified atom stereocenters. The normalized spacial score (nSPS) is 10.6. The van der Waals surface area contributed by atoms with Gasteiger partial charge in [-0.05, 0) is 43.2 Å². The van der Waals surface area contributed by atoms with Crippen molar-refractivity contribution in [2.75, 3.05) is 17.7 Å². The summed E-state index contributed by atoms with van der Waals surface area (Å²) in [5, 5.41) is 0.439. The zero-order valence-electron chi connectivity index (χ0n) is 11.2. The van der Waals surface area contributed by atoms with Crippen LogP contribution in [0.25, 0.3) is 0 Å². The Balaban J connectivity index is 2.56. The van der Waals surface area contributed by atoms with Gasteiger partial charge >= 0.3 is 0 Å². The van der Waals surface area contributed by atoms with Gasteiger partial charge < -0.3 is 10.6 Å². The number of nitrogens with zero attached hydrogens (tertiary/aromatic N) is 1. The zero-order chi connectivity index (χ0) is 14.2. The van der Waals surface area contributed by atoms with Gasteiger partial charge in [-0.25, -0.2) is 4.39 Å². The van der Waals surface area contributed by atoms with Crippen LogP contribution < -0.4 is 10.6 Å². The molecule has 0 saturated carbocycles. The van der Waals surface area contributed by atoms with Crippen molar-refractivity contribution in [1.82, 2.24) is 0 Å². The maximum Gasteiger partial charge on any atom is 0.149 e. The van der Waals surface area contributed by atoms with Crippen molar-refractivity contribution in [2.24, 2.45) is 0 Å². The van der Waals surface area contributed by atoms with Gasteiger partial charge in [-0.15, -0.1) is 0 Å². The molecule has 0 radical (unpaired) electrons. The maximum atomic E-state index is 14.2. The Kier molecular flexibility index (Phi) is 3.67. The van der Waals surface area contributed by atoms with Crippen LogP contribution in [0.15, 0.2) is 30.3 Å². The molecule has 2 aromatic rings. The van der Waals surface area contributed by atoms with Gasteiger partial charge in [0.25, 0.3) is 0 Å². The maximum absolute atomic E-state index is 14.2. The quantitative estimate of drug-likeness (QED) is 0.823. The fourth-order valence-corrected chi connectivity index (χ4v) is 2.28. The van der Waals surface area contributed by atoms with E-state index in [1.54, 1.807) is 37.1 Å². The molecule has 100 valence electrons. The van der Waals surface area contributed by atoms with Gasteiger partial charge in [0.05, 0.1) is 22.1 Å². The summed E-state index contributed by atoms with van der Waals surface area (Å²) in [6.07, 6.45) is 0. The molecule has 0 atom stereocenters. The average Bonchev–Trinajstić information content (AvgIpc) is 2.36. The number of anilines is 3. The standard InChI is InChI=1S/C15H16ClFN2/c1-9-7-11(18)14(16)13(8-9)19(3)12-6-4-5-10(2)15(12)17/h4-8H,18H2,1-3H3. The molecule has 0 aliphatic carbocycles. The van der Waals surface area contributed by atoms with Crippen LogP contribution in [0.2, 0.25) is 5.02 Å². The molecular formula is C15H16ClFN2. The first kappa shape index (κ1) is 13.7. The van der Waals surface area contributed by atoms with E-state index in [1.807, 2.05) is 19.1 Å². The number of benzene rings is 2. The van der Waals surface area contributed by atoms with Crippen LogP contribution in [-0.2, 0) is 0 Å². The third-order valence-electron chi connectivity index (χ3n) is 3.12. The summed E-state index contributed by atoms with van der Waals surface area (Å²) in [4.78, 5) is 1.72. The first-order valence-corrected chi connectivity index (χ1v) is 6.34. The van der Waals surface area contributed by atoms with Gasteiger partial charge in [0.2, 0.25) is 0 Å². The van der Waals surface area contributed by atoms with Gasteiger partial charge in [0.15, 0.2) is 0 Å². The molecule has 2 N–H and O–H groups in total. The van der Waals surface area contributed by atoms with Gasteiger partial charge in [-0.2, -0.15) is 0 Å². The molecule has 4 heteroatoms. The van der Waals surface area contributed by atoms with Crippen molar-refractivity contribution in [1.29, 1.82) is 0 Å². The molecule has 2 nitrogen and oxygen atoms in total. The summed E-state index contributed by atoms with van der Waals surface area (Å²) < 4.78 is 14.2. The van der Waals surface area contributed by atoms with E-state index in [2.05, 4.69) is 0 Å². The number of hydrogen-bond donors (Lipinski definition) is 1. The molecule has 0 spiro atoms. The topological polar surface area (TPSA) is 29.3 Å². The Morgan fingerprint density at radius 1 is 1.16 bits per heavy atom. The third kappa shape index (κ3) is 2.51. The highest BCUT2D eigenvalue weighted by Gasteiger charge is 2.15. The zero-order valence-corrected chi connectivity index (χ0v) is 11.9. The second-order valence-electron chi connectivity index (χ2n) is 4.65. The molecule has 0 heterocycles. The smallest absolute Gasteiger partial charge is 0.149 e. The Bertz CT molecular complexity index is 626. The fourth-order valence-electron chi connectivity index (χ4n) is 2.04. The van der Waals surface area contributed by atoms with Crippen LogP contribution in [0.4, 0.5) is 21.5 Å². The number of nitrogens with two attached hydrogens (primary N) is 1. The minimum atomic E-state index is -0.249. The van der Waals surface area contributed by atoms with Gasteiger partial charge in [0.1, 0.15) is 5.82 Å². The molecular weight excluding hydrogens is 263 g/mol. The van der Waals surface area contributed by atoms with Crippen molar-refractivity contribution < 1.29 is 4.39 Å². The van der Waals surface area contributed by atoms with Crippen molar-refractivity contribution >= 4 is 28.7 Å². The number of hydrogen-bond acceptors (Lipinski definition) is 2. The molecule has 2 rings (SSSR count). The predicted octanol–water partition coefficient (Wildman–Crippen LogP) is 4.45. The first-order chi connectivity index (χ1) is 8.91. The summed E-state index contributed by atoms with van der Waals surface area (Å²) in [7, 11) is 1.78. The molecule has 0 aliphatic heterocycles. The first-order valence-electron chi connectivity index (χ1n) is 5.96. The van der Waals surface area contributed by atoms with E-state index >= 15 is 0 Å². The molecule has 0 fully saturated rings. The highest BCUT2D eigenvalue weighted by molar-refractivity contribution is 6.36. The van der Waals surface area contributed by atoms with Gasteiger partial charge in [-0.3, -0.25) is 0 Å². The van der Waals surface area contributed by atoms with E-state index < -0.39 is 0 Å². The number of rotatable bonds is 2. The Morgan fingerprint density at radius 2 is 1.84 bits per heavy atom. The highest BCUT2D eigenvalue weighted by atomic mass is 35.5. The lowest BCUT2D eigenvalue weighted by Crippen LogP contribution is -2.13. The summed E-state index contributed by atoms with van der Waals surface area (Å²) in [5.41, 5.74) is 9.11. The average molecular weight is 279 g/mol. The van der Waals surface area contributed by atoms with E-state index in [9.17, 15) is 4.39 Å². The van der Waals surface area contributed by atoms with Crippen LogP contribution in [0.5, 0.6) is 0 Å². The second-order valence-corrected chi connectivity index (χ2v) is 5.03. The molecule has 0 saturated heterocycles. The lowest BCUT2D eigenvalue weighted by molar-refractivity contribution is 0.618. The summed E-state index contributed by atoms with van der Waals surface area (Å²) in [5.74, 6) is -0.249. The molecule has 2 aromatic carbocycles. The van der Waals surface area contributed by atoms with E-state index in [0.29, 0.717) is 27.6 Å². The number of aryl methyl sites for hydroxylation is 2. The van der Waals surface area contributed by atoms with Crippen molar-refractivity contribution in [3.05, 3.63) is 52.3 Å². The predicted molar refractivity (Wildman–Crippen MR) is 79.8 cm³/mol. The van der Waals surface area contributed by atoms with E-state index in [-0.39, 0.29) is 5.82 Å². The SMILES string of the molecule is Cc1cc(N)c(Cl)c(N(C)c2cccc(C)c2F)c1. The largest absolute Gasteiger partial charge is 0.397 e. The minimum absolute atomic E-state index is 0.249. The van der Waals surface area contributed by atoms with Gasteiger partial charge in [-0.1, -0.05) is 23.7 Å². The number of nitrogen functional groups attached to an aromatic ring is 1. The Labute approximate surface area is 117 Å². The summed E-state index contributed by atoms with van der Waals surface area (Å²) >= 11 is 6.21. The minimum Gasteiger partial charge on any atom is -0.397 e. The van der Waals surface area contributed by atoms with E-state index in [4.69, 9.17) is 17.3 Å². The van der Waals surface area contributed by atoms with Gasteiger partial charge in [0, 0.05) is 7.05 Å². The van der Waals surface area contributed by atoms with Crippen molar-refractivity contribution in [3.63, 3.8) is 0 Å². The Hall–Kier alpha value is -1.74. The third-order valence-corrected chi connectivity index (χ3v) is 3.53. The van der Waals surface area contributed by atoms with Crippen LogP contribution >= 0.6 is 11.6 Å². The molecule has 0 aromatic heterocycles. The molecule has 0 amide bonds.